The van der Waals surface area contributed by atoms with Gasteiger partial charge in [-0.1, -0.05) is 17.3 Å². The fourth-order valence-corrected chi connectivity index (χ4v) is 4.60. The summed E-state index contributed by atoms with van der Waals surface area (Å²) in [5.41, 5.74) is 2.03. The first-order valence-electron chi connectivity index (χ1n) is 11.4. The Morgan fingerprint density at radius 1 is 1.06 bits per heavy atom. The van der Waals surface area contributed by atoms with Crippen LogP contribution in [0.2, 0.25) is 0 Å². The minimum Gasteiger partial charge on any atom is -0.381 e. The molecule has 1 N–H and O–H groups in total. The maximum absolute atomic E-state index is 12.6. The van der Waals surface area contributed by atoms with Crippen molar-refractivity contribution in [1.29, 1.82) is 0 Å². The number of amides is 1. The highest BCUT2D eigenvalue weighted by atomic mass is 16.5. The van der Waals surface area contributed by atoms with Gasteiger partial charge in [0.05, 0.1) is 11.0 Å². The molecule has 164 valence electrons. The molecule has 3 aromatic rings. The summed E-state index contributed by atoms with van der Waals surface area (Å²) in [6.07, 6.45) is 5.82. The molecule has 0 atom stereocenters. The Hall–Kier alpha value is -2.74. The summed E-state index contributed by atoms with van der Waals surface area (Å²) in [5, 5.41) is 4.22. The van der Waals surface area contributed by atoms with Crippen LogP contribution in [-0.2, 0) is 16.0 Å². The number of piperidine rings is 1. The van der Waals surface area contributed by atoms with Gasteiger partial charge in [-0.25, -0.2) is 4.98 Å². The lowest BCUT2D eigenvalue weighted by Crippen LogP contribution is -2.37. The van der Waals surface area contributed by atoms with Crippen LogP contribution in [-0.4, -0.2) is 57.2 Å². The zero-order chi connectivity index (χ0) is 21.0. The van der Waals surface area contributed by atoms with Crippen LogP contribution in [0.25, 0.3) is 11.0 Å². The van der Waals surface area contributed by atoms with E-state index in [0.29, 0.717) is 12.3 Å². The molecule has 4 heterocycles. The smallest absolute Gasteiger partial charge is 0.229 e. The summed E-state index contributed by atoms with van der Waals surface area (Å²) in [7, 11) is 0. The predicted molar refractivity (Wildman–Crippen MR) is 115 cm³/mol. The summed E-state index contributed by atoms with van der Waals surface area (Å²) in [5.74, 6) is 3.33. The number of nitrogens with zero attached hydrogens (tertiary/aromatic N) is 4. The maximum atomic E-state index is 12.6. The van der Waals surface area contributed by atoms with Crippen molar-refractivity contribution < 1.29 is 14.1 Å². The second-order valence-electron chi connectivity index (χ2n) is 8.59. The molecule has 2 aliphatic heterocycles. The summed E-state index contributed by atoms with van der Waals surface area (Å²) in [6.45, 7) is 3.04. The van der Waals surface area contributed by atoms with Crippen LogP contribution in [0.15, 0.2) is 28.8 Å². The number of H-pyrrole nitrogens is 1. The first-order chi connectivity index (χ1) is 15.3. The standard InChI is InChI=1S/C23H29N5O3/c29-21(7-3-6-20-24-18-4-1-2-5-19(18)25-20)28-12-8-17(9-13-28)23-26-22(27-31-23)16-10-14-30-15-11-16/h1-2,4-5,16-17H,3,6-15H2,(H,24,25). The molecule has 0 unspecified atom stereocenters. The van der Waals surface area contributed by atoms with Gasteiger partial charge in [0.15, 0.2) is 5.82 Å². The Kier molecular flexibility index (Phi) is 5.97. The summed E-state index contributed by atoms with van der Waals surface area (Å²) in [6, 6.07) is 8.01. The number of rotatable bonds is 6. The number of aromatic amines is 1. The Morgan fingerprint density at radius 2 is 1.87 bits per heavy atom. The van der Waals surface area contributed by atoms with Crippen molar-refractivity contribution in [2.75, 3.05) is 26.3 Å². The minimum atomic E-state index is 0.225. The molecule has 1 aromatic carbocycles. The Balaban J connectivity index is 1.08. The molecule has 0 radical (unpaired) electrons. The van der Waals surface area contributed by atoms with Crippen molar-refractivity contribution in [1.82, 2.24) is 25.0 Å². The number of nitrogens with one attached hydrogen (secondary N) is 1. The van der Waals surface area contributed by atoms with E-state index < -0.39 is 0 Å². The molecule has 0 aliphatic carbocycles. The van der Waals surface area contributed by atoms with Gasteiger partial charge in [-0.15, -0.1) is 0 Å². The van der Waals surface area contributed by atoms with Crippen LogP contribution in [0.3, 0.4) is 0 Å². The van der Waals surface area contributed by atoms with Crippen LogP contribution in [0.4, 0.5) is 0 Å². The number of hydrogen-bond acceptors (Lipinski definition) is 6. The molecule has 0 bridgehead atoms. The van der Waals surface area contributed by atoms with Crippen molar-refractivity contribution in [2.24, 2.45) is 0 Å². The van der Waals surface area contributed by atoms with Gasteiger partial charge in [-0.05, 0) is 44.2 Å². The lowest BCUT2D eigenvalue weighted by molar-refractivity contribution is -0.132. The lowest BCUT2D eigenvalue weighted by atomic mass is 9.96. The third kappa shape index (κ3) is 4.63. The van der Waals surface area contributed by atoms with E-state index in [9.17, 15) is 4.79 Å². The number of carbonyl (C=O) groups excluding carboxylic acids is 1. The molecule has 0 spiro atoms. The Bertz CT molecular complexity index is 982. The molecule has 8 heteroatoms. The van der Waals surface area contributed by atoms with E-state index in [1.807, 2.05) is 29.2 Å². The number of likely N-dealkylation sites (tertiary alicyclic amines) is 1. The quantitative estimate of drug-likeness (QED) is 0.651. The first kappa shape index (κ1) is 20.2. The van der Waals surface area contributed by atoms with Crippen LogP contribution < -0.4 is 0 Å². The van der Waals surface area contributed by atoms with Gasteiger partial charge >= 0.3 is 0 Å². The molecule has 2 aromatic heterocycles. The van der Waals surface area contributed by atoms with Gasteiger partial charge in [0.2, 0.25) is 11.8 Å². The van der Waals surface area contributed by atoms with E-state index in [0.717, 1.165) is 93.4 Å². The highest BCUT2D eigenvalue weighted by Gasteiger charge is 2.29. The summed E-state index contributed by atoms with van der Waals surface area (Å²) in [4.78, 5) is 27.2. The molecule has 1 amide bonds. The van der Waals surface area contributed by atoms with Crippen molar-refractivity contribution in [3.8, 4) is 0 Å². The zero-order valence-corrected chi connectivity index (χ0v) is 17.8. The number of fused-ring (bicyclic) bond motifs is 1. The second-order valence-corrected chi connectivity index (χ2v) is 8.59. The maximum Gasteiger partial charge on any atom is 0.229 e. The fraction of sp³-hybridized carbons (Fsp3) is 0.565. The van der Waals surface area contributed by atoms with E-state index in [2.05, 4.69) is 20.1 Å². The lowest BCUT2D eigenvalue weighted by Gasteiger charge is -2.30. The third-order valence-electron chi connectivity index (χ3n) is 6.48. The summed E-state index contributed by atoms with van der Waals surface area (Å²) >= 11 is 0. The predicted octanol–water partition coefficient (Wildman–Crippen LogP) is 3.57. The van der Waals surface area contributed by atoms with E-state index in [-0.39, 0.29) is 11.8 Å². The molecule has 2 fully saturated rings. The molecule has 2 aliphatic rings. The van der Waals surface area contributed by atoms with Crippen molar-refractivity contribution in [2.45, 2.75) is 56.8 Å². The highest BCUT2D eigenvalue weighted by Crippen LogP contribution is 2.30. The monoisotopic (exact) mass is 423 g/mol. The van der Waals surface area contributed by atoms with Crippen LogP contribution in [0.5, 0.6) is 0 Å². The average Bonchev–Trinajstić information content (AvgIpc) is 3.47. The number of imidazole rings is 1. The van der Waals surface area contributed by atoms with E-state index in [4.69, 9.17) is 9.26 Å². The number of ether oxygens (including phenoxy) is 1. The van der Waals surface area contributed by atoms with E-state index in [1.165, 1.54) is 0 Å². The van der Waals surface area contributed by atoms with Crippen molar-refractivity contribution in [3.05, 3.63) is 41.8 Å². The fourth-order valence-electron chi connectivity index (χ4n) is 4.60. The molecule has 0 saturated carbocycles. The normalized spacial score (nSPS) is 18.6. The van der Waals surface area contributed by atoms with Gasteiger partial charge in [0, 0.05) is 51.0 Å². The van der Waals surface area contributed by atoms with E-state index >= 15 is 0 Å². The SMILES string of the molecule is O=C(CCCc1nc2ccccc2[nH]1)N1CCC(c2nc(C3CCOCC3)no2)CC1. The third-order valence-corrected chi connectivity index (χ3v) is 6.48. The van der Waals surface area contributed by atoms with Crippen LogP contribution in [0.1, 0.15) is 67.9 Å². The van der Waals surface area contributed by atoms with Crippen molar-refractivity contribution in [3.63, 3.8) is 0 Å². The van der Waals surface area contributed by atoms with Gasteiger partial charge in [0.1, 0.15) is 5.82 Å². The number of carbonyl (C=O) groups is 1. The summed E-state index contributed by atoms with van der Waals surface area (Å²) < 4.78 is 11.0. The molecule has 8 nitrogen and oxygen atoms in total. The van der Waals surface area contributed by atoms with Gasteiger partial charge in [-0.2, -0.15) is 4.98 Å². The molecule has 5 rings (SSSR count). The van der Waals surface area contributed by atoms with Crippen LogP contribution in [0, 0.1) is 0 Å². The van der Waals surface area contributed by atoms with Crippen LogP contribution >= 0.6 is 0 Å². The average molecular weight is 424 g/mol. The van der Waals surface area contributed by atoms with Gasteiger partial charge < -0.3 is 19.1 Å². The molecule has 2 saturated heterocycles. The number of benzene rings is 1. The van der Waals surface area contributed by atoms with E-state index in [1.54, 1.807) is 0 Å². The second kappa shape index (κ2) is 9.18. The Labute approximate surface area is 181 Å². The number of para-hydroxylation sites is 2. The highest BCUT2D eigenvalue weighted by molar-refractivity contribution is 5.76. The van der Waals surface area contributed by atoms with Gasteiger partial charge in [-0.3, -0.25) is 4.79 Å². The molecule has 31 heavy (non-hydrogen) atoms. The zero-order valence-electron chi connectivity index (χ0n) is 17.8. The first-order valence-corrected chi connectivity index (χ1v) is 11.4. The van der Waals surface area contributed by atoms with Crippen molar-refractivity contribution >= 4 is 16.9 Å². The van der Waals surface area contributed by atoms with Gasteiger partial charge in [0.25, 0.3) is 0 Å². The number of aryl methyl sites for hydroxylation is 1. The number of hydrogen-bond donors (Lipinski definition) is 1. The number of aromatic nitrogens is 4. The largest absolute Gasteiger partial charge is 0.381 e. The molecular formula is C23H29N5O3. The molecular weight excluding hydrogens is 394 g/mol. The topological polar surface area (TPSA) is 97.1 Å². The minimum absolute atomic E-state index is 0.225. The Morgan fingerprint density at radius 3 is 2.68 bits per heavy atom.